The number of hydrogen-bond acceptors (Lipinski definition) is 7. The van der Waals surface area contributed by atoms with Crippen LogP contribution >= 0.6 is 0 Å². The Hall–Kier alpha value is -4.28. The fourth-order valence-electron chi connectivity index (χ4n) is 6.44. The van der Waals surface area contributed by atoms with Gasteiger partial charge in [0.15, 0.2) is 0 Å². The molecule has 2 aliphatic rings. The normalized spacial score (nSPS) is 18.6. The van der Waals surface area contributed by atoms with Gasteiger partial charge in [-0.1, -0.05) is 69.3 Å². The standard InChI is InChI=1S/C38H44N4O5S/c1-25-8-6-9-26(2)35(25)32-23-34-40-37(39-32)41-48(44,45)31-11-7-10-29(22-31)36(43)42(19-16-27-17-20-46-21-18-27)24-33(47-34)28-12-14-30(15-13-28)38(3,4)5/h6-15,22-23,27,33H,16-21,24H2,1-5H3,(H,39,40,41). The van der Waals surface area contributed by atoms with Gasteiger partial charge < -0.3 is 14.4 Å². The van der Waals surface area contributed by atoms with E-state index in [1.807, 2.05) is 44.2 Å². The van der Waals surface area contributed by atoms with Crippen molar-refractivity contribution in [2.24, 2.45) is 5.92 Å². The zero-order chi connectivity index (χ0) is 34.1. The van der Waals surface area contributed by atoms with Crippen LogP contribution in [0.15, 0.2) is 77.7 Å². The maximum absolute atomic E-state index is 14.3. The van der Waals surface area contributed by atoms with E-state index in [9.17, 15) is 13.2 Å². The molecule has 1 N–H and O–H groups in total. The number of rotatable bonds is 5. The molecule has 48 heavy (non-hydrogen) atoms. The predicted octanol–water partition coefficient (Wildman–Crippen LogP) is 7.25. The van der Waals surface area contributed by atoms with E-state index in [-0.39, 0.29) is 40.2 Å². The third-order valence-electron chi connectivity index (χ3n) is 9.29. The number of aromatic nitrogens is 2. The van der Waals surface area contributed by atoms with E-state index in [0.717, 1.165) is 54.7 Å². The van der Waals surface area contributed by atoms with Crippen molar-refractivity contribution in [3.8, 4) is 17.1 Å². The van der Waals surface area contributed by atoms with Gasteiger partial charge in [-0.25, -0.2) is 18.1 Å². The van der Waals surface area contributed by atoms with Crippen molar-refractivity contribution in [1.29, 1.82) is 0 Å². The van der Waals surface area contributed by atoms with Gasteiger partial charge in [0.05, 0.1) is 17.1 Å². The lowest BCUT2D eigenvalue weighted by atomic mass is 9.86. The van der Waals surface area contributed by atoms with Crippen molar-refractivity contribution in [3.05, 3.63) is 101 Å². The van der Waals surface area contributed by atoms with Gasteiger partial charge in [-0.2, -0.15) is 4.98 Å². The average Bonchev–Trinajstić information content (AvgIpc) is 3.05. The van der Waals surface area contributed by atoms with Gasteiger partial charge >= 0.3 is 0 Å². The van der Waals surface area contributed by atoms with Crippen molar-refractivity contribution >= 4 is 21.9 Å². The Kier molecular flexibility index (Phi) is 9.58. The van der Waals surface area contributed by atoms with Crippen molar-refractivity contribution in [2.75, 3.05) is 31.0 Å². The molecule has 0 radical (unpaired) electrons. The van der Waals surface area contributed by atoms with Crippen LogP contribution < -0.4 is 9.46 Å². The van der Waals surface area contributed by atoms with E-state index in [1.165, 1.54) is 17.7 Å². The number of benzene rings is 3. The highest BCUT2D eigenvalue weighted by Crippen LogP contribution is 2.33. The monoisotopic (exact) mass is 668 g/mol. The number of amides is 1. The third-order valence-corrected chi connectivity index (χ3v) is 10.6. The first-order valence-corrected chi connectivity index (χ1v) is 18.1. The third kappa shape index (κ3) is 7.55. The fraction of sp³-hybridized carbons (Fsp3) is 0.395. The van der Waals surface area contributed by atoms with Gasteiger partial charge in [0.2, 0.25) is 11.8 Å². The van der Waals surface area contributed by atoms with E-state index >= 15 is 0 Å². The highest BCUT2D eigenvalue weighted by atomic mass is 32.2. The van der Waals surface area contributed by atoms with Crippen LogP contribution in [0.4, 0.5) is 5.95 Å². The van der Waals surface area contributed by atoms with E-state index in [1.54, 1.807) is 23.1 Å². The molecular formula is C38H44N4O5S. The maximum Gasteiger partial charge on any atom is 0.264 e. The molecule has 1 saturated heterocycles. The summed E-state index contributed by atoms with van der Waals surface area (Å²) in [6.07, 6.45) is 2.09. The Morgan fingerprint density at radius 1 is 0.917 bits per heavy atom. The summed E-state index contributed by atoms with van der Waals surface area (Å²) in [6, 6.07) is 22.1. The van der Waals surface area contributed by atoms with E-state index in [0.29, 0.717) is 18.2 Å². The first-order chi connectivity index (χ1) is 22.9. The average molecular weight is 669 g/mol. The SMILES string of the molecule is Cc1cccc(C)c1-c1cc2nc(n1)NS(=O)(=O)c1cccc(c1)C(=O)N(CCC1CCOCC1)CC(c1ccc(C(C)(C)C)cc1)O2. The number of carbonyl (C=O) groups excluding carboxylic acids is 1. The van der Waals surface area contributed by atoms with Crippen molar-refractivity contribution < 1.29 is 22.7 Å². The lowest BCUT2D eigenvalue weighted by Crippen LogP contribution is -2.38. The first-order valence-electron chi connectivity index (χ1n) is 16.6. The maximum atomic E-state index is 14.3. The molecular weight excluding hydrogens is 625 g/mol. The van der Waals surface area contributed by atoms with Gasteiger partial charge in [-0.3, -0.25) is 4.79 Å². The minimum Gasteiger partial charge on any atom is -0.467 e. The fourth-order valence-corrected chi connectivity index (χ4v) is 7.43. The smallest absolute Gasteiger partial charge is 0.264 e. The molecule has 10 heteroatoms. The minimum absolute atomic E-state index is 0.0418. The second kappa shape index (κ2) is 13.7. The molecule has 0 spiro atoms. The van der Waals surface area contributed by atoms with Crippen LogP contribution in [0.5, 0.6) is 5.88 Å². The Morgan fingerprint density at radius 2 is 1.60 bits per heavy atom. The number of sulfonamides is 1. The molecule has 0 aliphatic carbocycles. The van der Waals surface area contributed by atoms with Crippen molar-refractivity contribution in [1.82, 2.24) is 14.9 Å². The number of anilines is 1. The summed E-state index contributed by atoms with van der Waals surface area (Å²) in [6.45, 7) is 12.6. The number of aryl methyl sites for hydroxylation is 2. The highest BCUT2D eigenvalue weighted by molar-refractivity contribution is 7.92. The molecule has 2 aliphatic heterocycles. The zero-order valence-corrected chi connectivity index (χ0v) is 29.1. The van der Waals surface area contributed by atoms with Crippen LogP contribution in [0.25, 0.3) is 11.3 Å². The molecule has 3 heterocycles. The first kappa shape index (κ1) is 33.6. The number of ether oxygens (including phenoxy) is 2. The Labute approximate surface area is 283 Å². The molecule has 1 aromatic heterocycles. The largest absolute Gasteiger partial charge is 0.467 e. The summed E-state index contributed by atoms with van der Waals surface area (Å²) in [7, 11) is -4.15. The zero-order valence-electron chi connectivity index (χ0n) is 28.3. The molecule has 6 rings (SSSR count). The number of nitrogens with zero attached hydrogens (tertiary/aromatic N) is 3. The number of nitrogens with one attached hydrogen (secondary N) is 1. The number of hydrogen-bond donors (Lipinski definition) is 1. The van der Waals surface area contributed by atoms with Crippen LogP contribution in [0.1, 0.15) is 78.7 Å². The summed E-state index contributed by atoms with van der Waals surface area (Å²) in [5, 5.41) is 0. The Balaban J connectivity index is 1.49. The van der Waals surface area contributed by atoms with Gasteiger partial charge in [0, 0.05) is 37.0 Å². The molecule has 4 bridgehead atoms. The Morgan fingerprint density at radius 3 is 2.29 bits per heavy atom. The molecule has 9 nitrogen and oxygen atoms in total. The van der Waals surface area contributed by atoms with Crippen LogP contribution in [0, 0.1) is 19.8 Å². The second-order valence-corrected chi connectivity index (χ2v) is 15.6. The van der Waals surface area contributed by atoms with Gasteiger partial charge in [-0.15, -0.1) is 0 Å². The van der Waals surface area contributed by atoms with Crippen LogP contribution in [0.2, 0.25) is 0 Å². The molecule has 252 valence electrons. The van der Waals surface area contributed by atoms with Crippen LogP contribution in [0.3, 0.4) is 0 Å². The molecule has 1 fully saturated rings. The number of carbonyl (C=O) groups is 1. The molecule has 1 unspecified atom stereocenters. The summed E-state index contributed by atoms with van der Waals surface area (Å²) >= 11 is 0. The quantitative estimate of drug-likeness (QED) is 0.239. The molecule has 0 saturated carbocycles. The molecule has 1 amide bonds. The predicted molar refractivity (Wildman–Crippen MR) is 187 cm³/mol. The summed E-state index contributed by atoms with van der Waals surface area (Å²) < 4.78 is 42.3. The van der Waals surface area contributed by atoms with Gasteiger partial charge in [0.1, 0.15) is 6.10 Å². The summed E-state index contributed by atoms with van der Waals surface area (Å²) in [4.78, 5) is 25.2. The van der Waals surface area contributed by atoms with Gasteiger partial charge in [0.25, 0.3) is 15.9 Å². The van der Waals surface area contributed by atoms with E-state index in [2.05, 4.69) is 47.6 Å². The topological polar surface area (TPSA) is 111 Å². The lowest BCUT2D eigenvalue weighted by molar-refractivity contribution is 0.0506. The van der Waals surface area contributed by atoms with Crippen molar-refractivity contribution in [3.63, 3.8) is 0 Å². The molecule has 3 aromatic carbocycles. The summed E-state index contributed by atoms with van der Waals surface area (Å²) in [5.74, 6) is 0.265. The van der Waals surface area contributed by atoms with Crippen LogP contribution in [-0.4, -0.2) is 55.5 Å². The second-order valence-electron chi connectivity index (χ2n) is 13.9. The minimum atomic E-state index is -4.15. The van der Waals surface area contributed by atoms with Crippen molar-refractivity contribution in [2.45, 2.75) is 70.3 Å². The Bertz CT molecular complexity index is 1880. The van der Waals surface area contributed by atoms with E-state index in [4.69, 9.17) is 9.47 Å². The molecule has 1 atom stereocenters. The van der Waals surface area contributed by atoms with E-state index < -0.39 is 16.1 Å². The summed E-state index contributed by atoms with van der Waals surface area (Å²) in [5.41, 5.74) is 5.68. The van der Waals surface area contributed by atoms with Crippen LogP contribution in [-0.2, 0) is 20.2 Å². The highest BCUT2D eigenvalue weighted by Gasteiger charge is 2.28. The number of fused-ring (bicyclic) bond motifs is 4. The lowest BCUT2D eigenvalue weighted by Gasteiger charge is -2.31. The molecule has 4 aromatic rings. The van der Waals surface area contributed by atoms with Gasteiger partial charge in [-0.05, 0) is 84.9 Å².